The van der Waals surface area contributed by atoms with Crippen molar-refractivity contribution in [1.29, 1.82) is 0 Å². The number of ether oxygens (including phenoxy) is 1. The Labute approximate surface area is 181 Å². The van der Waals surface area contributed by atoms with E-state index in [1.54, 1.807) is 0 Å². The van der Waals surface area contributed by atoms with E-state index in [2.05, 4.69) is 24.3 Å². The van der Waals surface area contributed by atoms with Crippen LogP contribution in [-0.4, -0.2) is 6.21 Å². The average Bonchev–Trinajstić information content (AvgIpc) is 2.80. The largest absolute Gasteiger partial charge is 0.457 e. The van der Waals surface area contributed by atoms with Gasteiger partial charge in [-0.15, -0.1) is 0 Å². The lowest BCUT2D eigenvalue weighted by Crippen LogP contribution is -2.16. The van der Waals surface area contributed by atoms with E-state index in [0.717, 1.165) is 22.7 Å². The Morgan fingerprint density at radius 2 is 1.43 bits per heavy atom. The van der Waals surface area contributed by atoms with Crippen LogP contribution in [0, 0.1) is 0 Å². The third-order valence-corrected chi connectivity index (χ3v) is 4.74. The van der Waals surface area contributed by atoms with Crippen LogP contribution in [0.5, 0.6) is 11.5 Å². The van der Waals surface area contributed by atoms with Gasteiger partial charge >= 0.3 is 0 Å². The summed E-state index contributed by atoms with van der Waals surface area (Å²) in [5.74, 6) is 1.49. The number of anilines is 1. The fraction of sp³-hybridized carbons (Fsp3) is 0.0385. The van der Waals surface area contributed by atoms with Crippen LogP contribution in [0.25, 0.3) is 0 Å². The molecule has 0 N–H and O–H groups in total. The van der Waals surface area contributed by atoms with Gasteiger partial charge < -0.3 is 4.74 Å². The number of hydrogen-bond acceptors (Lipinski definition) is 3. The molecule has 0 bridgehead atoms. The van der Waals surface area contributed by atoms with E-state index in [1.807, 2.05) is 96.2 Å². The minimum absolute atomic E-state index is 0.683. The van der Waals surface area contributed by atoms with Gasteiger partial charge in [0.2, 0.25) is 0 Å². The molecule has 4 aromatic rings. The number of benzene rings is 4. The van der Waals surface area contributed by atoms with Gasteiger partial charge in [0.05, 0.1) is 18.4 Å². The molecule has 30 heavy (non-hydrogen) atoms. The van der Waals surface area contributed by atoms with Crippen molar-refractivity contribution in [2.75, 3.05) is 5.01 Å². The molecule has 0 aliphatic carbocycles. The summed E-state index contributed by atoms with van der Waals surface area (Å²) in [7, 11) is 0. The van der Waals surface area contributed by atoms with Crippen molar-refractivity contribution in [2.24, 2.45) is 5.10 Å². The molecule has 0 heterocycles. The van der Waals surface area contributed by atoms with Gasteiger partial charge in [-0.2, -0.15) is 5.10 Å². The second-order valence-electron chi connectivity index (χ2n) is 6.75. The van der Waals surface area contributed by atoms with Crippen LogP contribution in [0.3, 0.4) is 0 Å². The van der Waals surface area contributed by atoms with Crippen molar-refractivity contribution >= 4 is 23.5 Å². The lowest BCUT2D eigenvalue weighted by molar-refractivity contribution is 0.482. The first kappa shape index (κ1) is 19.7. The summed E-state index contributed by atoms with van der Waals surface area (Å²) in [4.78, 5) is 0. The number of halogens is 1. The molecule has 0 aliphatic heterocycles. The maximum atomic E-state index is 5.94. The molecular formula is C26H21ClN2O. The fourth-order valence-corrected chi connectivity index (χ4v) is 3.11. The molecule has 0 radical (unpaired) electrons. The zero-order chi connectivity index (χ0) is 20.6. The second-order valence-corrected chi connectivity index (χ2v) is 7.19. The van der Waals surface area contributed by atoms with Crippen molar-refractivity contribution in [2.45, 2.75) is 6.54 Å². The Kier molecular flexibility index (Phi) is 6.43. The SMILES string of the molecule is Clc1ccc(Oc2cccc(C=NN(Cc3ccccc3)c3ccccc3)c2)cc1. The third-order valence-electron chi connectivity index (χ3n) is 4.48. The molecule has 0 atom stereocenters. The zero-order valence-electron chi connectivity index (χ0n) is 16.4. The van der Waals surface area contributed by atoms with Crippen LogP contribution in [0.2, 0.25) is 5.02 Å². The van der Waals surface area contributed by atoms with Gasteiger partial charge in [-0.1, -0.05) is 72.3 Å². The molecule has 0 spiro atoms. The number of hydrazone groups is 1. The molecule has 0 saturated heterocycles. The molecule has 0 unspecified atom stereocenters. The van der Waals surface area contributed by atoms with Gasteiger partial charge in [-0.05, 0) is 59.7 Å². The maximum absolute atomic E-state index is 5.94. The molecule has 148 valence electrons. The molecular weight excluding hydrogens is 392 g/mol. The molecule has 4 heteroatoms. The molecule has 4 rings (SSSR count). The topological polar surface area (TPSA) is 24.8 Å². The smallest absolute Gasteiger partial charge is 0.128 e. The van der Waals surface area contributed by atoms with E-state index in [-0.39, 0.29) is 0 Å². The highest BCUT2D eigenvalue weighted by Crippen LogP contribution is 2.24. The van der Waals surface area contributed by atoms with Crippen LogP contribution in [0.4, 0.5) is 5.69 Å². The molecule has 0 aromatic heterocycles. The number of nitrogens with zero attached hydrogens (tertiary/aromatic N) is 2. The summed E-state index contributed by atoms with van der Waals surface area (Å²) in [5.41, 5.74) is 3.18. The minimum Gasteiger partial charge on any atom is -0.457 e. The molecule has 4 aromatic carbocycles. The maximum Gasteiger partial charge on any atom is 0.128 e. The Morgan fingerprint density at radius 1 is 0.733 bits per heavy atom. The highest BCUT2D eigenvalue weighted by molar-refractivity contribution is 6.30. The minimum atomic E-state index is 0.683. The molecule has 3 nitrogen and oxygen atoms in total. The van der Waals surface area contributed by atoms with E-state index in [4.69, 9.17) is 21.4 Å². The highest BCUT2D eigenvalue weighted by Gasteiger charge is 2.05. The zero-order valence-corrected chi connectivity index (χ0v) is 17.1. The van der Waals surface area contributed by atoms with Gasteiger partial charge in [0.15, 0.2) is 0 Å². The first-order valence-electron chi connectivity index (χ1n) is 9.70. The van der Waals surface area contributed by atoms with Gasteiger partial charge in [-0.25, -0.2) is 0 Å². The monoisotopic (exact) mass is 412 g/mol. The van der Waals surface area contributed by atoms with Gasteiger partial charge in [-0.3, -0.25) is 5.01 Å². The fourth-order valence-electron chi connectivity index (χ4n) is 2.99. The highest BCUT2D eigenvalue weighted by atomic mass is 35.5. The lowest BCUT2D eigenvalue weighted by atomic mass is 10.2. The summed E-state index contributed by atoms with van der Waals surface area (Å²) < 4.78 is 5.93. The molecule has 0 aliphatic rings. The lowest BCUT2D eigenvalue weighted by Gasteiger charge is -2.19. The average molecular weight is 413 g/mol. The van der Waals surface area contributed by atoms with Crippen LogP contribution < -0.4 is 9.75 Å². The summed E-state index contributed by atoms with van der Waals surface area (Å²) in [6.45, 7) is 0.683. The van der Waals surface area contributed by atoms with E-state index in [9.17, 15) is 0 Å². The van der Waals surface area contributed by atoms with Crippen molar-refractivity contribution in [3.05, 3.63) is 125 Å². The van der Waals surface area contributed by atoms with Crippen molar-refractivity contribution in [1.82, 2.24) is 0 Å². The van der Waals surface area contributed by atoms with Crippen molar-refractivity contribution in [3.8, 4) is 11.5 Å². The van der Waals surface area contributed by atoms with E-state index in [0.29, 0.717) is 11.6 Å². The Balaban J connectivity index is 1.54. The van der Waals surface area contributed by atoms with Crippen LogP contribution in [0.1, 0.15) is 11.1 Å². The van der Waals surface area contributed by atoms with Gasteiger partial charge in [0.25, 0.3) is 0 Å². The Hall–Kier alpha value is -3.56. The number of rotatable bonds is 7. The predicted molar refractivity (Wildman–Crippen MR) is 125 cm³/mol. The van der Waals surface area contributed by atoms with Crippen molar-refractivity contribution < 1.29 is 4.74 Å². The van der Waals surface area contributed by atoms with Crippen molar-refractivity contribution in [3.63, 3.8) is 0 Å². The summed E-state index contributed by atoms with van der Waals surface area (Å²) in [5, 5.41) is 7.43. The third kappa shape index (κ3) is 5.49. The van der Waals surface area contributed by atoms with E-state index < -0.39 is 0 Å². The molecule has 0 amide bonds. The first-order valence-corrected chi connectivity index (χ1v) is 10.1. The van der Waals surface area contributed by atoms with Crippen LogP contribution in [-0.2, 0) is 6.54 Å². The van der Waals surface area contributed by atoms with E-state index >= 15 is 0 Å². The number of para-hydroxylation sites is 1. The molecule has 0 saturated carbocycles. The normalized spacial score (nSPS) is 10.8. The summed E-state index contributed by atoms with van der Waals surface area (Å²) in [6.07, 6.45) is 1.85. The van der Waals surface area contributed by atoms with E-state index in [1.165, 1.54) is 5.56 Å². The summed E-state index contributed by atoms with van der Waals surface area (Å²) >= 11 is 5.94. The first-order chi connectivity index (χ1) is 14.8. The number of hydrogen-bond donors (Lipinski definition) is 0. The Bertz CT molecular complexity index is 1100. The van der Waals surface area contributed by atoms with Gasteiger partial charge in [0, 0.05) is 5.02 Å². The second kappa shape index (κ2) is 9.77. The predicted octanol–water partition coefficient (Wildman–Crippen LogP) is 7.17. The Morgan fingerprint density at radius 3 is 2.17 bits per heavy atom. The quantitative estimate of drug-likeness (QED) is 0.237. The standard InChI is InChI=1S/C26H21ClN2O/c27-23-14-16-25(17-15-23)30-26-13-7-10-22(18-26)19-28-29(24-11-5-2-6-12-24)20-21-8-3-1-4-9-21/h1-19H,20H2. The van der Waals surface area contributed by atoms with Crippen LogP contribution >= 0.6 is 11.6 Å². The van der Waals surface area contributed by atoms with Crippen LogP contribution in [0.15, 0.2) is 114 Å². The molecule has 0 fully saturated rings. The summed E-state index contributed by atoms with van der Waals surface area (Å²) in [6, 6.07) is 35.6. The van der Waals surface area contributed by atoms with Gasteiger partial charge in [0.1, 0.15) is 11.5 Å².